The molecule has 130 valence electrons. The molecule has 0 aliphatic carbocycles. The maximum absolute atomic E-state index is 11.8. The number of carbonyl (C=O) groups excluding carboxylic acids is 1. The number of imidazole rings is 1. The minimum atomic E-state index is -0.269. The van der Waals surface area contributed by atoms with Crippen LogP contribution in [0.3, 0.4) is 0 Å². The molecule has 0 fully saturated rings. The summed E-state index contributed by atoms with van der Waals surface area (Å²) < 4.78 is 0. The molecule has 0 spiro atoms. The molecular formula is C19H18N6O. The molecule has 2 amide bonds. The van der Waals surface area contributed by atoms with Gasteiger partial charge in [-0.15, -0.1) is 0 Å². The highest BCUT2D eigenvalue weighted by molar-refractivity contribution is 6.01. The van der Waals surface area contributed by atoms with E-state index in [1.165, 1.54) is 0 Å². The molecule has 3 N–H and O–H groups in total. The Morgan fingerprint density at radius 2 is 2.00 bits per heavy atom. The second-order valence-corrected chi connectivity index (χ2v) is 6.03. The van der Waals surface area contributed by atoms with Crippen LogP contribution in [0.25, 0.3) is 33.1 Å². The maximum atomic E-state index is 11.8. The number of nitrogens with one attached hydrogen (secondary N) is 3. The number of aryl methyl sites for hydroxylation is 1. The van der Waals surface area contributed by atoms with E-state index in [2.05, 4.69) is 42.7 Å². The van der Waals surface area contributed by atoms with Gasteiger partial charge in [-0.25, -0.2) is 19.7 Å². The van der Waals surface area contributed by atoms with E-state index >= 15 is 0 Å². The van der Waals surface area contributed by atoms with Gasteiger partial charge in [0.25, 0.3) is 0 Å². The summed E-state index contributed by atoms with van der Waals surface area (Å²) in [5, 5.41) is 7.51. The zero-order chi connectivity index (χ0) is 18.1. The first-order chi connectivity index (χ1) is 12.7. The molecule has 0 saturated carbocycles. The van der Waals surface area contributed by atoms with E-state index < -0.39 is 0 Å². The van der Waals surface area contributed by atoms with Gasteiger partial charge in [-0.1, -0.05) is 12.1 Å². The van der Waals surface area contributed by atoms with Crippen molar-refractivity contribution in [2.75, 3.05) is 11.9 Å². The van der Waals surface area contributed by atoms with Crippen LogP contribution in [0.5, 0.6) is 0 Å². The number of fused-ring (bicyclic) bond motifs is 2. The van der Waals surface area contributed by atoms with Gasteiger partial charge >= 0.3 is 6.03 Å². The molecule has 0 bridgehead atoms. The molecule has 0 atom stereocenters. The molecule has 3 heterocycles. The van der Waals surface area contributed by atoms with Gasteiger partial charge in [0.1, 0.15) is 5.82 Å². The number of H-pyrrole nitrogens is 1. The number of hydrogen-bond acceptors (Lipinski definition) is 4. The third-order valence-corrected chi connectivity index (χ3v) is 4.28. The van der Waals surface area contributed by atoms with Crippen LogP contribution in [-0.2, 0) is 0 Å². The molecule has 4 rings (SSSR count). The van der Waals surface area contributed by atoms with Crippen molar-refractivity contribution in [3.63, 3.8) is 0 Å². The molecule has 1 aromatic carbocycles. The summed E-state index contributed by atoms with van der Waals surface area (Å²) in [4.78, 5) is 27.8. The zero-order valence-electron chi connectivity index (χ0n) is 14.5. The lowest BCUT2D eigenvalue weighted by Crippen LogP contribution is -2.28. The number of aromatic nitrogens is 4. The van der Waals surface area contributed by atoms with E-state index in [1.807, 2.05) is 32.2 Å². The van der Waals surface area contributed by atoms with Crippen LogP contribution >= 0.6 is 0 Å². The summed E-state index contributed by atoms with van der Waals surface area (Å²) >= 11 is 0. The lowest BCUT2D eigenvalue weighted by atomic mass is 9.97. The second kappa shape index (κ2) is 6.44. The molecule has 0 saturated heterocycles. The van der Waals surface area contributed by atoms with E-state index in [9.17, 15) is 4.79 Å². The predicted molar refractivity (Wildman–Crippen MR) is 102 cm³/mol. The molecule has 0 unspecified atom stereocenters. The van der Waals surface area contributed by atoms with Gasteiger partial charge in [-0.2, -0.15) is 0 Å². The summed E-state index contributed by atoms with van der Waals surface area (Å²) in [7, 11) is 0. The van der Waals surface area contributed by atoms with Gasteiger partial charge in [0.15, 0.2) is 5.65 Å². The Morgan fingerprint density at radius 3 is 2.85 bits per heavy atom. The molecule has 7 nitrogen and oxygen atoms in total. The number of amides is 2. The normalized spacial score (nSPS) is 11.0. The van der Waals surface area contributed by atoms with E-state index in [0.717, 1.165) is 33.0 Å². The van der Waals surface area contributed by atoms with Gasteiger partial charge < -0.3 is 10.3 Å². The Morgan fingerprint density at radius 1 is 1.12 bits per heavy atom. The van der Waals surface area contributed by atoms with E-state index in [0.29, 0.717) is 18.0 Å². The van der Waals surface area contributed by atoms with Crippen molar-refractivity contribution in [3.05, 3.63) is 48.5 Å². The average molecular weight is 346 g/mol. The number of pyridine rings is 2. The van der Waals surface area contributed by atoms with Crippen LogP contribution in [0.4, 0.5) is 10.6 Å². The predicted octanol–water partition coefficient (Wildman–Crippen LogP) is 3.62. The Kier molecular flexibility index (Phi) is 3.96. The van der Waals surface area contributed by atoms with Crippen molar-refractivity contribution in [3.8, 4) is 11.1 Å². The number of aromatic amines is 1. The smallest absolute Gasteiger partial charge is 0.320 e. The van der Waals surface area contributed by atoms with Gasteiger partial charge in [0.2, 0.25) is 0 Å². The molecule has 7 heteroatoms. The summed E-state index contributed by atoms with van der Waals surface area (Å²) in [6.45, 7) is 4.47. The highest BCUT2D eigenvalue weighted by Crippen LogP contribution is 2.32. The minimum Gasteiger partial charge on any atom is -0.343 e. The highest BCUT2D eigenvalue weighted by atomic mass is 16.2. The zero-order valence-corrected chi connectivity index (χ0v) is 14.5. The second-order valence-electron chi connectivity index (χ2n) is 6.03. The summed E-state index contributed by atoms with van der Waals surface area (Å²) in [6.07, 6.45) is 5.23. The lowest BCUT2D eigenvalue weighted by molar-refractivity contribution is 0.252. The van der Waals surface area contributed by atoms with Crippen LogP contribution in [0.15, 0.2) is 43.0 Å². The Hall–Kier alpha value is -3.48. The fraction of sp³-hybridized carbons (Fsp3) is 0.158. The molecule has 0 aliphatic heterocycles. The summed E-state index contributed by atoms with van der Waals surface area (Å²) in [5.74, 6) is 0.505. The molecular weight excluding hydrogens is 328 g/mol. The van der Waals surface area contributed by atoms with Crippen molar-refractivity contribution in [1.29, 1.82) is 0 Å². The number of nitrogens with zero attached hydrogens (tertiary/aromatic N) is 3. The van der Waals surface area contributed by atoms with Crippen LogP contribution in [-0.4, -0.2) is 32.5 Å². The first-order valence-corrected chi connectivity index (χ1v) is 8.39. The third kappa shape index (κ3) is 2.83. The number of hydrogen-bond donors (Lipinski definition) is 3. The number of benzene rings is 1. The van der Waals surface area contributed by atoms with Crippen LogP contribution < -0.4 is 10.6 Å². The first-order valence-electron chi connectivity index (χ1n) is 8.39. The standard InChI is InChI=1S/C19H18N6O/c1-3-20-19(26)25-17-7-14-13(5-4-11(2)15(14)9-21-17)12-6-16-18(22-8-12)24-10-23-16/h4-10H,3H2,1-2H3,(H,22,23,24)(H2,20,21,25,26). The first kappa shape index (κ1) is 16.0. The Bertz CT molecular complexity index is 1120. The Labute approximate surface area is 149 Å². The third-order valence-electron chi connectivity index (χ3n) is 4.28. The molecule has 3 aromatic heterocycles. The van der Waals surface area contributed by atoms with Gasteiger partial charge in [-0.3, -0.25) is 5.32 Å². The van der Waals surface area contributed by atoms with Crippen molar-refractivity contribution >= 4 is 33.8 Å². The quantitative estimate of drug-likeness (QED) is 0.528. The van der Waals surface area contributed by atoms with Crippen LogP contribution in [0.2, 0.25) is 0 Å². The largest absolute Gasteiger partial charge is 0.343 e. The molecule has 0 radical (unpaired) electrons. The topological polar surface area (TPSA) is 95.6 Å². The number of rotatable bonds is 3. The monoisotopic (exact) mass is 346 g/mol. The van der Waals surface area contributed by atoms with Crippen molar-refractivity contribution < 1.29 is 4.79 Å². The number of urea groups is 1. The van der Waals surface area contributed by atoms with Crippen molar-refractivity contribution in [2.45, 2.75) is 13.8 Å². The summed E-state index contributed by atoms with van der Waals surface area (Å²) in [6, 6.07) is 7.77. The number of anilines is 1. The summed E-state index contributed by atoms with van der Waals surface area (Å²) in [5.41, 5.74) is 4.69. The average Bonchev–Trinajstić information content (AvgIpc) is 3.10. The van der Waals surface area contributed by atoms with Crippen LogP contribution in [0, 0.1) is 6.92 Å². The van der Waals surface area contributed by atoms with Crippen molar-refractivity contribution in [1.82, 2.24) is 25.3 Å². The van der Waals surface area contributed by atoms with E-state index in [1.54, 1.807) is 12.5 Å². The molecule has 4 aromatic rings. The SMILES string of the molecule is CCNC(=O)Nc1cc2c(-c3cnc4nc[nH]c4c3)ccc(C)c2cn1. The fourth-order valence-corrected chi connectivity index (χ4v) is 3.00. The van der Waals surface area contributed by atoms with E-state index in [-0.39, 0.29) is 6.03 Å². The van der Waals surface area contributed by atoms with Gasteiger partial charge in [0.05, 0.1) is 11.8 Å². The van der Waals surface area contributed by atoms with Crippen LogP contribution in [0.1, 0.15) is 12.5 Å². The van der Waals surface area contributed by atoms with Gasteiger partial charge in [0, 0.05) is 29.9 Å². The Balaban J connectivity index is 1.85. The minimum absolute atomic E-state index is 0.269. The van der Waals surface area contributed by atoms with Crippen molar-refractivity contribution in [2.24, 2.45) is 0 Å². The molecule has 0 aliphatic rings. The fourth-order valence-electron chi connectivity index (χ4n) is 3.00. The maximum Gasteiger partial charge on any atom is 0.320 e. The molecule has 26 heavy (non-hydrogen) atoms. The number of carbonyl (C=O) groups is 1. The highest BCUT2D eigenvalue weighted by Gasteiger charge is 2.11. The van der Waals surface area contributed by atoms with Gasteiger partial charge in [-0.05, 0) is 42.5 Å². The lowest BCUT2D eigenvalue weighted by Gasteiger charge is -2.11. The van der Waals surface area contributed by atoms with E-state index in [4.69, 9.17) is 0 Å².